The van der Waals surface area contributed by atoms with Gasteiger partial charge >= 0.3 is 0 Å². The second-order valence-electron chi connectivity index (χ2n) is 7.52. The summed E-state index contributed by atoms with van der Waals surface area (Å²) in [5.41, 5.74) is 3.09. The molecule has 2 amide bonds. The van der Waals surface area contributed by atoms with E-state index >= 15 is 0 Å². The summed E-state index contributed by atoms with van der Waals surface area (Å²) in [6.45, 7) is 4.01. The molecule has 6 nitrogen and oxygen atoms in total. The lowest BCUT2D eigenvalue weighted by Crippen LogP contribution is -2.33. The van der Waals surface area contributed by atoms with Gasteiger partial charge in [-0.15, -0.1) is 0 Å². The van der Waals surface area contributed by atoms with E-state index in [0.29, 0.717) is 25.3 Å². The molecule has 0 aliphatic carbocycles. The average molecular weight is 410 g/mol. The fourth-order valence-corrected chi connectivity index (χ4v) is 3.72. The standard InChI is InChI=1S/C24H31N3O3/c1-3-4-7-14-25-23(28)18-10-8-11-19(17-18)26-22-20-12-5-6-13-21(20)24(29)27(22)15-9-16-30-2/h5-6,8,10-13,17,22,26H,3-4,7,9,14-16H2,1-2H3,(H,25,28)/t22-/m1/s1. The summed E-state index contributed by atoms with van der Waals surface area (Å²) in [6.07, 6.45) is 3.70. The molecule has 1 heterocycles. The summed E-state index contributed by atoms with van der Waals surface area (Å²) in [7, 11) is 1.66. The number of nitrogens with zero attached hydrogens (tertiary/aromatic N) is 1. The molecule has 2 N–H and O–H groups in total. The Balaban J connectivity index is 1.74. The van der Waals surface area contributed by atoms with E-state index in [4.69, 9.17) is 4.74 Å². The van der Waals surface area contributed by atoms with E-state index < -0.39 is 0 Å². The van der Waals surface area contributed by atoms with Gasteiger partial charge in [-0.2, -0.15) is 0 Å². The van der Waals surface area contributed by atoms with Crippen LogP contribution in [-0.2, 0) is 4.74 Å². The zero-order valence-electron chi connectivity index (χ0n) is 17.8. The molecular formula is C24H31N3O3. The number of amides is 2. The maximum Gasteiger partial charge on any atom is 0.256 e. The first-order chi connectivity index (χ1) is 14.7. The first-order valence-electron chi connectivity index (χ1n) is 10.7. The summed E-state index contributed by atoms with van der Waals surface area (Å²) < 4.78 is 5.15. The number of rotatable bonds is 11. The number of fused-ring (bicyclic) bond motifs is 1. The van der Waals surface area contributed by atoms with Crippen LogP contribution in [0.5, 0.6) is 0 Å². The second-order valence-corrected chi connectivity index (χ2v) is 7.52. The van der Waals surface area contributed by atoms with E-state index in [9.17, 15) is 9.59 Å². The number of unbranched alkanes of at least 4 members (excludes halogenated alkanes) is 2. The van der Waals surface area contributed by atoms with Crippen molar-refractivity contribution < 1.29 is 14.3 Å². The third-order valence-electron chi connectivity index (χ3n) is 5.30. The number of hydrogen-bond acceptors (Lipinski definition) is 4. The molecule has 30 heavy (non-hydrogen) atoms. The van der Waals surface area contributed by atoms with Gasteiger partial charge in [0.05, 0.1) is 0 Å². The highest BCUT2D eigenvalue weighted by Crippen LogP contribution is 2.34. The van der Waals surface area contributed by atoms with Crippen molar-refractivity contribution in [1.82, 2.24) is 10.2 Å². The van der Waals surface area contributed by atoms with Crippen molar-refractivity contribution in [2.75, 3.05) is 32.1 Å². The van der Waals surface area contributed by atoms with Gasteiger partial charge in [0.25, 0.3) is 11.8 Å². The van der Waals surface area contributed by atoms with Crippen LogP contribution in [0.3, 0.4) is 0 Å². The van der Waals surface area contributed by atoms with Gasteiger partial charge in [0, 0.05) is 49.2 Å². The lowest BCUT2D eigenvalue weighted by Gasteiger charge is -2.27. The van der Waals surface area contributed by atoms with Gasteiger partial charge in [0.15, 0.2) is 0 Å². The Labute approximate surface area is 178 Å². The van der Waals surface area contributed by atoms with Crippen LogP contribution in [-0.4, -0.2) is 43.5 Å². The van der Waals surface area contributed by atoms with Crippen molar-refractivity contribution in [2.24, 2.45) is 0 Å². The first kappa shape index (κ1) is 21.8. The maximum atomic E-state index is 12.9. The van der Waals surface area contributed by atoms with Gasteiger partial charge in [-0.1, -0.05) is 44.0 Å². The number of nitrogens with one attached hydrogen (secondary N) is 2. The maximum absolute atomic E-state index is 12.9. The smallest absolute Gasteiger partial charge is 0.256 e. The van der Waals surface area contributed by atoms with Crippen LogP contribution in [0.4, 0.5) is 5.69 Å². The lowest BCUT2D eigenvalue weighted by atomic mass is 10.1. The number of benzene rings is 2. The quantitative estimate of drug-likeness (QED) is 0.546. The zero-order valence-corrected chi connectivity index (χ0v) is 17.8. The molecule has 0 radical (unpaired) electrons. The van der Waals surface area contributed by atoms with Crippen LogP contribution < -0.4 is 10.6 Å². The number of anilines is 1. The Bertz CT molecular complexity index is 868. The molecule has 6 heteroatoms. The molecule has 2 aromatic rings. The molecule has 0 fully saturated rings. The monoisotopic (exact) mass is 409 g/mol. The molecule has 0 bridgehead atoms. The molecular weight excluding hydrogens is 378 g/mol. The minimum Gasteiger partial charge on any atom is -0.385 e. The fourth-order valence-electron chi connectivity index (χ4n) is 3.72. The summed E-state index contributed by atoms with van der Waals surface area (Å²) in [4.78, 5) is 27.2. The van der Waals surface area contributed by atoms with Gasteiger partial charge in [-0.25, -0.2) is 0 Å². The number of ether oxygens (including phenoxy) is 1. The third-order valence-corrected chi connectivity index (χ3v) is 5.30. The largest absolute Gasteiger partial charge is 0.385 e. The molecule has 0 unspecified atom stereocenters. The summed E-state index contributed by atoms with van der Waals surface area (Å²) in [6, 6.07) is 15.1. The van der Waals surface area contributed by atoms with Crippen LogP contribution in [0.2, 0.25) is 0 Å². The molecule has 2 aromatic carbocycles. The van der Waals surface area contributed by atoms with E-state index in [1.54, 1.807) is 7.11 Å². The number of carbonyl (C=O) groups is 2. The Kier molecular flexibility index (Phi) is 7.85. The van der Waals surface area contributed by atoms with E-state index in [-0.39, 0.29) is 18.0 Å². The number of methoxy groups -OCH3 is 1. The minimum absolute atomic E-state index is 0.0176. The minimum atomic E-state index is -0.270. The highest BCUT2D eigenvalue weighted by Gasteiger charge is 2.36. The van der Waals surface area contributed by atoms with E-state index in [1.807, 2.05) is 53.4 Å². The Morgan fingerprint density at radius 2 is 1.93 bits per heavy atom. The third kappa shape index (κ3) is 5.19. The first-order valence-corrected chi connectivity index (χ1v) is 10.7. The van der Waals surface area contributed by atoms with Crippen molar-refractivity contribution in [3.63, 3.8) is 0 Å². The highest BCUT2D eigenvalue weighted by atomic mass is 16.5. The van der Waals surface area contributed by atoms with Crippen LogP contribution in [0.15, 0.2) is 48.5 Å². The van der Waals surface area contributed by atoms with Crippen LogP contribution in [0.25, 0.3) is 0 Å². The van der Waals surface area contributed by atoms with Crippen molar-refractivity contribution in [3.05, 3.63) is 65.2 Å². The van der Waals surface area contributed by atoms with E-state index in [2.05, 4.69) is 17.6 Å². The predicted molar refractivity (Wildman–Crippen MR) is 119 cm³/mol. The van der Waals surface area contributed by atoms with Crippen molar-refractivity contribution in [1.29, 1.82) is 0 Å². The average Bonchev–Trinajstić information content (AvgIpc) is 3.03. The summed E-state index contributed by atoms with van der Waals surface area (Å²) >= 11 is 0. The number of carbonyl (C=O) groups excluding carboxylic acids is 2. The highest BCUT2D eigenvalue weighted by molar-refractivity contribution is 5.99. The Morgan fingerprint density at radius 3 is 2.73 bits per heavy atom. The van der Waals surface area contributed by atoms with Gasteiger partial charge < -0.3 is 20.3 Å². The molecule has 0 aromatic heterocycles. The SMILES string of the molecule is CCCCCNC(=O)c1cccc(N[C@H]2c3ccccc3C(=O)N2CCCOC)c1. The second kappa shape index (κ2) is 10.8. The molecule has 160 valence electrons. The molecule has 1 aliphatic rings. The number of hydrogen-bond donors (Lipinski definition) is 2. The molecule has 3 rings (SSSR count). The Hall–Kier alpha value is -2.86. The predicted octanol–water partition coefficient (Wildman–Crippen LogP) is 4.21. The molecule has 1 aliphatic heterocycles. The lowest BCUT2D eigenvalue weighted by molar-refractivity contribution is 0.0721. The molecule has 0 spiro atoms. The summed E-state index contributed by atoms with van der Waals surface area (Å²) in [5, 5.41) is 6.44. The van der Waals surface area contributed by atoms with Crippen LogP contribution in [0, 0.1) is 0 Å². The van der Waals surface area contributed by atoms with Crippen LogP contribution in [0.1, 0.15) is 65.1 Å². The molecule has 0 saturated carbocycles. The van der Waals surface area contributed by atoms with Crippen molar-refractivity contribution >= 4 is 17.5 Å². The topological polar surface area (TPSA) is 70.7 Å². The van der Waals surface area contributed by atoms with Crippen molar-refractivity contribution in [2.45, 2.75) is 38.8 Å². The Morgan fingerprint density at radius 1 is 1.10 bits per heavy atom. The fraction of sp³-hybridized carbons (Fsp3) is 0.417. The zero-order chi connectivity index (χ0) is 21.3. The summed E-state index contributed by atoms with van der Waals surface area (Å²) in [5.74, 6) is -0.0568. The van der Waals surface area contributed by atoms with E-state index in [0.717, 1.165) is 42.5 Å². The van der Waals surface area contributed by atoms with Crippen LogP contribution >= 0.6 is 0 Å². The normalized spacial score (nSPS) is 15.2. The molecule has 0 saturated heterocycles. The van der Waals surface area contributed by atoms with E-state index in [1.165, 1.54) is 0 Å². The van der Waals surface area contributed by atoms with Gasteiger partial charge in [-0.3, -0.25) is 9.59 Å². The van der Waals surface area contributed by atoms with Gasteiger partial charge in [0.1, 0.15) is 6.17 Å². The van der Waals surface area contributed by atoms with Gasteiger partial charge in [0.2, 0.25) is 0 Å². The van der Waals surface area contributed by atoms with Crippen molar-refractivity contribution in [3.8, 4) is 0 Å². The molecule has 1 atom stereocenters. The van der Waals surface area contributed by atoms with Gasteiger partial charge in [-0.05, 0) is 37.1 Å².